The Kier molecular flexibility index (Phi) is 3.69. The molecule has 2 aromatic heterocycles. The summed E-state index contributed by atoms with van der Waals surface area (Å²) in [5, 5.41) is 4.59. The zero-order valence-electron chi connectivity index (χ0n) is 12.0. The van der Waals surface area contributed by atoms with Crippen LogP contribution in [0.5, 0.6) is 0 Å². The van der Waals surface area contributed by atoms with E-state index >= 15 is 0 Å². The summed E-state index contributed by atoms with van der Waals surface area (Å²) in [7, 11) is 0. The summed E-state index contributed by atoms with van der Waals surface area (Å²) < 4.78 is 1.78. The topological polar surface area (TPSA) is 56.7 Å². The molecule has 4 nitrogen and oxygen atoms in total. The number of nitrogens with two attached hydrogens (primary N) is 1. The molecule has 0 fully saturated rings. The van der Waals surface area contributed by atoms with Crippen molar-refractivity contribution in [2.75, 3.05) is 5.73 Å². The van der Waals surface area contributed by atoms with Crippen molar-refractivity contribution in [2.24, 2.45) is 0 Å². The van der Waals surface area contributed by atoms with Gasteiger partial charge in [-0.25, -0.2) is 4.68 Å². The van der Waals surface area contributed by atoms with Gasteiger partial charge in [-0.2, -0.15) is 5.10 Å². The molecule has 1 aromatic carbocycles. The van der Waals surface area contributed by atoms with E-state index in [2.05, 4.69) is 41.3 Å². The highest BCUT2D eigenvalue weighted by Crippen LogP contribution is 2.25. The number of aryl methyl sites for hydroxylation is 1. The van der Waals surface area contributed by atoms with Crippen LogP contribution in [0.15, 0.2) is 55.0 Å². The van der Waals surface area contributed by atoms with Crippen LogP contribution < -0.4 is 5.73 Å². The van der Waals surface area contributed by atoms with Crippen LogP contribution in [-0.2, 0) is 6.42 Å². The van der Waals surface area contributed by atoms with Crippen molar-refractivity contribution in [3.63, 3.8) is 0 Å². The van der Waals surface area contributed by atoms with Crippen molar-refractivity contribution in [3.05, 3.63) is 60.6 Å². The summed E-state index contributed by atoms with van der Waals surface area (Å²) in [5.74, 6) is 0. The summed E-state index contributed by atoms with van der Waals surface area (Å²) in [4.78, 5) is 4.01. The van der Waals surface area contributed by atoms with Crippen molar-refractivity contribution >= 4 is 5.69 Å². The average molecular weight is 278 g/mol. The highest BCUT2D eigenvalue weighted by atomic mass is 15.3. The molecule has 0 unspecified atom stereocenters. The van der Waals surface area contributed by atoms with E-state index in [9.17, 15) is 0 Å². The molecule has 3 rings (SSSR count). The number of hydrogen-bond donors (Lipinski definition) is 1. The summed E-state index contributed by atoms with van der Waals surface area (Å²) in [6, 6.07) is 12.3. The van der Waals surface area contributed by atoms with Crippen LogP contribution in [0.3, 0.4) is 0 Å². The molecule has 2 N–H and O–H groups in total. The van der Waals surface area contributed by atoms with Crippen molar-refractivity contribution in [1.82, 2.24) is 14.8 Å². The molecule has 0 radical (unpaired) electrons. The van der Waals surface area contributed by atoms with E-state index < -0.39 is 0 Å². The van der Waals surface area contributed by atoms with Crippen LogP contribution in [-0.4, -0.2) is 14.8 Å². The Bertz CT molecular complexity index is 714. The van der Waals surface area contributed by atoms with E-state index in [0.717, 1.165) is 29.8 Å². The molecule has 0 atom stereocenters. The van der Waals surface area contributed by atoms with Crippen LogP contribution in [0.4, 0.5) is 5.69 Å². The van der Waals surface area contributed by atoms with Gasteiger partial charge < -0.3 is 5.73 Å². The molecule has 106 valence electrons. The molecule has 0 bridgehead atoms. The van der Waals surface area contributed by atoms with Gasteiger partial charge in [0.15, 0.2) is 0 Å². The largest absolute Gasteiger partial charge is 0.396 e. The molecule has 0 amide bonds. The number of nitrogen functional groups attached to an aromatic ring is 1. The predicted molar refractivity (Wildman–Crippen MR) is 85.2 cm³/mol. The first-order chi connectivity index (χ1) is 10.3. The van der Waals surface area contributed by atoms with Crippen LogP contribution >= 0.6 is 0 Å². The van der Waals surface area contributed by atoms with Gasteiger partial charge in [0.25, 0.3) is 0 Å². The normalized spacial score (nSPS) is 10.7. The Balaban J connectivity index is 1.94. The first kappa shape index (κ1) is 13.4. The minimum Gasteiger partial charge on any atom is -0.396 e. The molecule has 0 aliphatic carbocycles. The second kappa shape index (κ2) is 5.79. The number of anilines is 1. The van der Waals surface area contributed by atoms with E-state index in [1.54, 1.807) is 17.1 Å². The van der Waals surface area contributed by atoms with Gasteiger partial charge in [-0.15, -0.1) is 0 Å². The summed E-state index contributed by atoms with van der Waals surface area (Å²) in [6.45, 7) is 2.18. The highest BCUT2D eigenvalue weighted by molar-refractivity contribution is 5.72. The fraction of sp³-hybridized carbons (Fsp3) is 0.176. The lowest BCUT2D eigenvalue weighted by atomic mass is 10.1. The van der Waals surface area contributed by atoms with E-state index in [4.69, 9.17) is 5.73 Å². The summed E-state index contributed by atoms with van der Waals surface area (Å²) in [6.07, 6.45) is 7.57. The number of rotatable bonds is 4. The third-order valence-electron chi connectivity index (χ3n) is 3.44. The standard InChI is InChI=1S/C17H18N4/c1-2-3-13-4-6-14(7-5-13)17-16(18)12-21(20-17)15-8-10-19-11-9-15/h4-12H,2-3,18H2,1H3. The predicted octanol–water partition coefficient (Wildman–Crippen LogP) is 3.47. The van der Waals surface area contributed by atoms with Gasteiger partial charge >= 0.3 is 0 Å². The molecule has 0 spiro atoms. The van der Waals surface area contributed by atoms with E-state index in [0.29, 0.717) is 5.69 Å². The smallest absolute Gasteiger partial charge is 0.116 e. The maximum atomic E-state index is 6.11. The van der Waals surface area contributed by atoms with E-state index in [-0.39, 0.29) is 0 Å². The van der Waals surface area contributed by atoms with Crippen molar-refractivity contribution in [1.29, 1.82) is 0 Å². The minimum absolute atomic E-state index is 0.676. The molecule has 3 aromatic rings. The lowest BCUT2D eigenvalue weighted by Crippen LogP contribution is -1.94. The van der Waals surface area contributed by atoms with Gasteiger partial charge in [0.2, 0.25) is 0 Å². The second-order valence-electron chi connectivity index (χ2n) is 5.03. The molecule has 21 heavy (non-hydrogen) atoms. The molecule has 0 saturated carbocycles. The van der Waals surface area contributed by atoms with Gasteiger partial charge in [0.1, 0.15) is 5.69 Å². The van der Waals surface area contributed by atoms with Gasteiger partial charge in [-0.3, -0.25) is 4.98 Å². The quantitative estimate of drug-likeness (QED) is 0.795. The molecule has 0 aliphatic rings. The maximum Gasteiger partial charge on any atom is 0.116 e. The SMILES string of the molecule is CCCc1ccc(-c2nn(-c3ccncc3)cc2N)cc1. The highest BCUT2D eigenvalue weighted by Gasteiger charge is 2.09. The Morgan fingerprint density at radius 2 is 1.76 bits per heavy atom. The number of nitrogens with zero attached hydrogens (tertiary/aromatic N) is 3. The van der Waals surface area contributed by atoms with E-state index in [1.807, 2.05) is 18.3 Å². The molecule has 2 heterocycles. The lowest BCUT2D eigenvalue weighted by molar-refractivity contribution is 0.881. The van der Waals surface area contributed by atoms with Crippen LogP contribution in [0, 0.1) is 0 Å². The molecule has 4 heteroatoms. The fourth-order valence-corrected chi connectivity index (χ4v) is 2.36. The monoisotopic (exact) mass is 278 g/mol. The van der Waals surface area contributed by atoms with Gasteiger partial charge in [0.05, 0.1) is 17.6 Å². The Labute approximate surface area is 124 Å². The number of hydrogen-bond acceptors (Lipinski definition) is 3. The lowest BCUT2D eigenvalue weighted by Gasteiger charge is -2.02. The summed E-state index contributed by atoms with van der Waals surface area (Å²) >= 11 is 0. The maximum absolute atomic E-state index is 6.11. The van der Waals surface area contributed by atoms with Gasteiger partial charge in [0, 0.05) is 18.0 Å². The van der Waals surface area contributed by atoms with Crippen LogP contribution in [0.2, 0.25) is 0 Å². The first-order valence-corrected chi connectivity index (χ1v) is 7.13. The Hall–Kier alpha value is -2.62. The molecule has 0 saturated heterocycles. The van der Waals surface area contributed by atoms with Crippen molar-refractivity contribution < 1.29 is 0 Å². The van der Waals surface area contributed by atoms with E-state index in [1.165, 1.54) is 5.56 Å². The average Bonchev–Trinajstić information content (AvgIpc) is 2.91. The Morgan fingerprint density at radius 3 is 2.43 bits per heavy atom. The van der Waals surface area contributed by atoms with Gasteiger partial charge in [-0.1, -0.05) is 37.6 Å². The molecular formula is C17H18N4. The number of aromatic nitrogens is 3. The number of benzene rings is 1. The molecule has 0 aliphatic heterocycles. The zero-order chi connectivity index (χ0) is 14.7. The minimum atomic E-state index is 0.676. The van der Waals surface area contributed by atoms with Crippen LogP contribution in [0.1, 0.15) is 18.9 Å². The van der Waals surface area contributed by atoms with Crippen molar-refractivity contribution in [2.45, 2.75) is 19.8 Å². The molecular weight excluding hydrogens is 260 g/mol. The third kappa shape index (κ3) is 2.79. The second-order valence-corrected chi connectivity index (χ2v) is 5.03. The van der Waals surface area contributed by atoms with Gasteiger partial charge in [-0.05, 0) is 24.1 Å². The third-order valence-corrected chi connectivity index (χ3v) is 3.44. The summed E-state index contributed by atoms with van der Waals surface area (Å²) in [5.41, 5.74) is 10.9. The van der Waals surface area contributed by atoms with Crippen LogP contribution in [0.25, 0.3) is 16.9 Å². The zero-order valence-corrected chi connectivity index (χ0v) is 12.0. The number of pyridine rings is 1. The fourth-order valence-electron chi connectivity index (χ4n) is 2.36. The Morgan fingerprint density at radius 1 is 1.05 bits per heavy atom. The van der Waals surface area contributed by atoms with Crippen molar-refractivity contribution in [3.8, 4) is 16.9 Å². The first-order valence-electron chi connectivity index (χ1n) is 7.13.